The van der Waals surface area contributed by atoms with Gasteiger partial charge in [0.2, 0.25) is 0 Å². The number of aryl methyl sites for hydroxylation is 1. The summed E-state index contributed by atoms with van der Waals surface area (Å²) in [6, 6.07) is 2.63. The highest BCUT2D eigenvalue weighted by molar-refractivity contribution is 7.84. The third-order valence-corrected chi connectivity index (χ3v) is 7.19. The smallest absolute Gasteiger partial charge is 0.361 e. The molecule has 32 heavy (non-hydrogen) atoms. The highest BCUT2D eigenvalue weighted by Crippen LogP contribution is 2.40. The van der Waals surface area contributed by atoms with Gasteiger partial charge in [-0.05, 0) is 25.0 Å². The minimum absolute atomic E-state index is 0.0178. The molecule has 170 valence electrons. The Balaban J connectivity index is 1.57. The number of rotatable bonds is 5. The van der Waals surface area contributed by atoms with Gasteiger partial charge in [-0.1, -0.05) is 5.16 Å². The van der Waals surface area contributed by atoms with Crippen molar-refractivity contribution in [1.29, 1.82) is 0 Å². The lowest BCUT2D eigenvalue weighted by atomic mass is 9.93. The molecule has 1 saturated carbocycles. The summed E-state index contributed by atoms with van der Waals surface area (Å²) in [6.07, 6.45) is 4.35. The number of sulfonamides is 1. The normalized spacial score (nSPS) is 23.2. The molecule has 0 saturated heterocycles. The topological polar surface area (TPSA) is 71.6 Å². The van der Waals surface area contributed by atoms with Crippen LogP contribution in [0.15, 0.2) is 29.6 Å². The molecule has 1 aromatic heterocycles. The van der Waals surface area contributed by atoms with Gasteiger partial charge in [0.1, 0.15) is 24.2 Å². The molecule has 0 radical (unpaired) electrons. The first-order valence-corrected chi connectivity index (χ1v) is 12.0. The zero-order valence-corrected chi connectivity index (χ0v) is 18.5. The quantitative estimate of drug-likeness (QED) is 0.491. The van der Waals surface area contributed by atoms with Gasteiger partial charge >= 0.3 is 10.0 Å². The van der Waals surface area contributed by atoms with E-state index in [-0.39, 0.29) is 23.1 Å². The Morgan fingerprint density at radius 2 is 1.84 bits per heavy atom. The molecule has 2 aromatic rings. The lowest BCUT2D eigenvalue weighted by molar-refractivity contribution is -0.403. The van der Waals surface area contributed by atoms with Crippen LogP contribution in [0.25, 0.3) is 11.1 Å². The van der Waals surface area contributed by atoms with Crippen molar-refractivity contribution in [2.45, 2.75) is 44.8 Å². The van der Waals surface area contributed by atoms with E-state index in [0.29, 0.717) is 42.7 Å². The number of hydrogen-bond acceptors (Lipinski definition) is 5. The summed E-state index contributed by atoms with van der Waals surface area (Å²) in [6.45, 7) is 5.40. The van der Waals surface area contributed by atoms with E-state index in [1.807, 2.05) is 0 Å². The molecule has 0 N–H and O–H groups in total. The Hall–Kier alpha value is -2.75. The number of hydrogen-bond donors (Lipinski definition) is 0. The maximum atomic E-state index is 14.5. The van der Waals surface area contributed by atoms with Crippen LogP contribution in [0.4, 0.5) is 13.2 Å². The van der Waals surface area contributed by atoms with E-state index in [9.17, 15) is 21.6 Å². The van der Waals surface area contributed by atoms with Gasteiger partial charge in [-0.2, -0.15) is 8.42 Å². The lowest BCUT2D eigenvalue weighted by Crippen LogP contribution is -2.28. The molecule has 1 aliphatic carbocycles. The number of aromatic nitrogens is 1. The van der Waals surface area contributed by atoms with Crippen molar-refractivity contribution in [2.24, 2.45) is 11.1 Å². The van der Waals surface area contributed by atoms with Crippen LogP contribution in [0.1, 0.15) is 43.0 Å². The monoisotopic (exact) mass is 466 g/mol. The Bertz CT molecular complexity index is 1210. The van der Waals surface area contributed by atoms with Crippen molar-refractivity contribution in [2.75, 3.05) is 6.26 Å². The summed E-state index contributed by atoms with van der Waals surface area (Å²) < 4.78 is 67.1. The molecule has 6 nitrogen and oxygen atoms in total. The van der Waals surface area contributed by atoms with Crippen LogP contribution in [0.3, 0.4) is 0 Å². The average Bonchev–Trinajstić information content (AvgIpc) is 3.35. The zero-order valence-electron chi connectivity index (χ0n) is 17.7. The fraction of sp³-hybridized carbons (Fsp3) is 0.409. The van der Waals surface area contributed by atoms with E-state index in [2.05, 4.69) is 16.9 Å². The first kappa shape index (κ1) is 22.4. The fourth-order valence-corrected chi connectivity index (χ4v) is 5.15. The maximum absolute atomic E-state index is 14.5. The van der Waals surface area contributed by atoms with Crippen LogP contribution in [-0.2, 0) is 14.9 Å². The third kappa shape index (κ3) is 4.28. The number of pyridine rings is 1. The van der Waals surface area contributed by atoms with Crippen LogP contribution in [0, 0.1) is 30.3 Å². The number of nitrogens with zero attached hydrogens (tertiary/aromatic N) is 3. The highest BCUT2D eigenvalue weighted by atomic mass is 32.2. The minimum atomic E-state index is -3.40. The molecule has 1 aliphatic heterocycles. The largest absolute Gasteiger partial charge is 0.386 e. The summed E-state index contributed by atoms with van der Waals surface area (Å²) in [4.78, 5) is 9.95. The van der Waals surface area contributed by atoms with Crippen LogP contribution in [0.5, 0.6) is 0 Å². The van der Waals surface area contributed by atoms with Gasteiger partial charge < -0.3 is 4.84 Å². The van der Waals surface area contributed by atoms with Crippen molar-refractivity contribution in [3.8, 4) is 11.1 Å². The van der Waals surface area contributed by atoms with Crippen molar-refractivity contribution in [3.05, 3.63) is 53.1 Å². The van der Waals surface area contributed by atoms with Gasteiger partial charge in [0.15, 0.2) is 12.1 Å². The van der Waals surface area contributed by atoms with Crippen molar-refractivity contribution < 1.29 is 30.4 Å². The molecule has 0 amide bonds. The second-order valence-electron chi connectivity index (χ2n) is 8.38. The van der Waals surface area contributed by atoms with E-state index in [0.717, 1.165) is 22.4 Å². The summed E-state index contributed by atoms with van der Waals surface area (Å²) in [5.74, 6) is -3.03. The Labute approximate surface area is 184 Å². The van der Waals surface area contributed by atoms with Crippen LogP contribution < -0.4 is 0 Å². The molecule has 0 bridgehead atoms. The summed E-state index contributed by atoms with van der Waals surface area (Å²) >= 11 is 0. The van der Waals surface area contributed by atoms with Crippen molar-refractivity contribution >= 4 is 22.5 Å². The second-order valence-corrected chi connectivity index (χ2v) is 10.3. The van der Waals surface area contributed by atoms with Gasteiger partial charge in [0.25, 0.3) is 0 Å². The fourth-order valence-electron chi connectivity index (χ4n) is 4.41. The molecule has 3 atom stereocenters. The lowest BCUT2D eigenvalue weighted by Gasteiger charge is -2.16. The predicted octanol–water partition coefficient (Wildman–Crippen LogP) is 4.13. The van der Waals surface area contributed by atoms with E-state index in [1.54, 1.807) is 19.2 Å². The number of halogens is 3. The Morgan fingerprint density at radius 1 is 1.16 bits per heavy atom. The standard InChI is InChI=1S/C22H23F3N3O3S/c1-12-6-16(21-17(24)8-14(23)9-18(21)25)22(26-11-12)20-10-19(27-31-20)13-4-5-15(7-13)28(2)32(3,29)30/h6,8-9,11,13,15,20H,2,4-5,7,10H2,1,3H3/q+1/t13-,15-,20?/m0/s1. The van der Waals surface area contributed by atoms with Crippen molar-refractivity contribution in [3.63, 3.8) is 0 Å². The van der Waals surface area contributed by atoms with E-state index >= 15 is 0 Å². The van der Waals surface area contributed by atoms with E-state index < -0.39 is 33.6 Å². The molecular weight excluding hydrogens is 443 g/mol. The van der Waals surface area contributed by atoms with E-state index in [4.69, 9.17) is 4.84 Å². The molecule has 4 rings (SSSR count). The van der Waals surface area contributed by atoms with Crippen LogP contribution >= 0.6 is 0 Å². The number of benzene rings is 1. The predicted molar refractivity (Wildman–Crippen MR) is 114 cm³/mol. The minimum Gasteiger partial charge on any atom is -0.386 e. The van der Waals surface area contributed by atoms with Gasteiger partial charge in [0.05, 0.1) is 23.2 Å². The van der Waals surface area contributed by atoms with Crippen molar-refractivity contribution in [1.82, 2.24) is 4.98 Å². The molecule has 1 aromatic carbocycles. The van der Waals surface area contributed by atoms with Crippen LogP contribution in [0.2, 0.25) is 0 Å². The highest BCUT2D eigenvalue weighted by Gasteiger charge is 2.40. The molecule has 1 fully saturated rings. The molecule has 2 heterocycles. The summed E-state index contributed by atoms with van der Waals surface area (Å²) in [5.41, 5.74) is 1.57. The zero-order chi connectivity index (χ0) is 23.2. The summed E-state index contributed by atoms with van der Waals surface area (Å²) in [5, 5.41) is 4.19. The molecule has 10 heteroatoms. The van der Waals surface area contributed by atoms with E-state index in [1.165, 1.54) is 0 Å². The van der Waals surface area contributed by atoms with Gasteiger partial charge in [-0.25, -0.2) is 13.2 Å². The SMILES string of the molecule is C=[N+]([C@H]1CC[C@H](C2=NOC(c3ncc(C)cc3-c3c(F)cc(F)cc3F)C2)C1)S(C)(=O)=O. The van der Waals surface area contributed by atoms with Crippen LogP contribution in [-0.4, -0.2) is 42.1 Å². The molecule has 0 spiro atoms. The first-order valence-electron chi connectivity index (χ1n) is 10.2. The van der Waals surface area contributed by atoms with Gasteiger partial charge in [0, 0.05) is 49.1 Å². The molecule has 2 aliphatic rings. The molecule has 1 unspecified atom stereocenters. The second kappa shape index (κ2) is 8.31. The summed E-state index contributed by atoms with van der Waals surface area (Å²) in [7, 11) is -3.40. The maximum Gasteiger partial charge on any atom is 0.361 e. The molecular formula is C22H23F3N3O3S+. The third-order valence-electron chi connectivity index (χ3n) is 6.04. The number of oxime groups is 1. The Kier molecular flexibility index (Phi) is 5.83. The average molecular weight is 467 g/mol. The Morgan fingerprint density at radius 3 is 2.50 bits per heavy atom. The van der Waals surface area contributed by atoms with Gasteiger partial charge in [-0.3, -0.25) is 4.98 Å². The first-order chi connectivity index (χ1) is 15.0. The van der Waals surface area contributed by atoms with Gasteiger partial charge in [-0.15, -0.1) is 3.98 Å².